The van der Waals surface area contributed by atoms with Crippen LogP contribution < -0.4 is 5.32 Å². The van der Waals surface area contributed by atoms with Crippen molar-refractivity contribution in [1.29, 1.82) is 0 Å². The molecule has 0 radical (unpaired) electrons. The Morgan fingerprint density at radius 1 is 1.19 bits per heavy atom. The number of para-hydroxylation sites is 1. The van der Waals surface area contributed by atoms with Crippen LogP contribution in [0.2, 0.25) is 0 Å². The molecule has 1 aliphatic carbocycles. The fourth-order valence-corrected chi connectivity index (χ4v) is 4.38. The van der Waals surface area contributed by atoms with Gasteiger partial charge in [-0.05, 0) is 44.7 Å². The summed E-state index contributed by atoms with van der Waals surface area (Å²) in [6, 6.07) is 9.46. The minimum absolute atomic E-state index is 0.0231. The third kappa shape index (κ3) is 4.67. The largest absolute Gasteiger partial charge is 0.462 e. The number of rotatable bonds is 6. The molecule has 2 fully saturated rings. The molecule has 1 aromatic carbocycles. The first-order valence-electron chi connectivity index (χ1n) is 11.1. The highest BCUT2D eigenvalue weighted by Gasteiger charge is 2.33. The standard InChI is InChI=1S/C23H28N4O5/c1-2-32-23(30)19-14-24-27(18-6-4-3-5-7-18)21(19)25-22(29)16-8-10-17(11-9-16)26-12-13-31-15-20(26)28/h3-7,14,16-17H,2,8-13,15H2,1H3,(H,25,29). The number of benzene rings is 1. The van der Waals surface area contributed by atoms with Gasteiger partial charge in [0.2, 0.25) is 11.8 Å². The topological polar surface area (TPSA) is 103 Å². The van der Waals surface area contributed by atoms with E-state index in [0.717, 1.165) is 18.5 Å². The third-order valence-electron chi connectivity index (χ3n) is 6.04. The number of carbonyl (C=O) groups is 3. The van der Waals surface area contributed by atoms with Crippen LogP contribution in [-0.4, -0.2) is 64.9 Å². The summed E-state index contributed by atoms with van der Waals surface area (Å²) in [5.74, 6) is -0.545. The summed E-state index contributed by atoms with van der Waals surface area (Å²) in [5.41, 5.74) is 0.949. The number of esters is 1. The third-order valence-corrected chi connectivity index (χ3v) is 6.04. The smallest absolute Gasteiger partial charge is 0.343 e. The molecule has 4 rings (SSSR count). The van der Waals surface area contributed by atoms with Crippen molar-refractivity contribution in [2.24, 2.45) is 5.92 Å². The average Bonchev–Trinajstić information content (AvgIpc) is 3.24. The van der Waals surface area contributed by atoms with Crippen molar-refractivity contribution < 1.29 is 23.9 Å². The molecule has 32 heavy (non-hydrogen) atoms. The van der Waals surface area contributed by atoms with Gasteiger partial charge in [0.15, 0.2) is 5.82 Å². The molecular weight excluding hydrogens is 412 g/mol. The Morgan fingerprint density at radius 3 is 2.62 bits per heavy atom. The maximum Gasteiger partial charge on any atom is 0.343 e. The van der Waals surface area contributed by atoms with Crippen molar-refractivity contribution in [3.63, 3.8) is 0 Å². The molecule has 9 heteroatoms. The first kappa shape index (κ1) is 22.0. The van der Waals surface area contributed by atoms with Crippen LogP contribution in [0.1, 0.15) is 43.0 Å². The number of morpholine rings is 1. The van der Waals surface area contributed by atoms with E-state index in [0.29, 0.717) is 31.8 Å². The number of hydrogen-bond acceptors (Lipinski definition) is 6. The second-order valence-electron chi connectivity index (χ2n) is 8.01. The van der Waals surface area contributed by atoms with Crippen molar-refractivity contribution >= 4 is 23.6 Å². The molecule has 2 aliphatic rings. The van der Waals surface area contributed by atoms with Crippen molar-refractivity contribution in [3.8, 4) is 5.69 Å². The Morgan fingerprint density at radius 2 is 1.94 bits per heavy atom. The lowest BCUT2D eigenvalue weighted by atomic mass is 9.84. The summed E-state index contributed by atoms with van der Waals surface area (Å²) in [6.07, 6.45) is 4.31. The van der Waals surface area contributed by atoms with E-state index in [9.17, 15) is 14.4 Å². The highest BCUT2D eigenvalue weighted by Crippen LogP contribution is 2.30. The molecule has 1 aromatic heterocycles. The van der Waals surface area contributed by atoms with E-state index in [2.05, 4.69) is 10.4 Å². The van der Waals surface area contributed by atoms with Gasteiger partial charge < -0.3 is 19.7 Å². The minimum atomic E-state index is -0.528. The Kier molecular flexibility index (Phi) is 6.84. The van der Waals surface area contributed by atoms with Gasteiger partial charge in [-0.25, -0.2) is 9.48 Å². The van der Waals surface area contributed by atoms with Crippen LogP contribution in [-0.2, 0) is 19.1 Å². The predicted octanol–water partition coefficient (Wildman–Crippen LogP) is 2.41. The summed E-state index contributed by atoms with van der Waals surface area (Å²) < 4.78 is 11.9. The van der Waals surface area contributed by atoms with Crippen molar-refractivity contribution in [2.75, 3.05) is 31.7 Å². The van der Waals surface area contributed by atoms with Gasteiger partial charge in [-0.3, -0.25) is 9.59 Å². The SMILES string of the molecule is CCOC(=O)c1cnn(-c2ccccc2)c1NC(=O)C1CCC(N2CCOCC2=O)CC1. The lowest BCUT2D eigenvalue weighted by Crippen LogP contribution is -2.49. The van der Waals surface area contributed by atoms with Gasteiger partial charge in [-0.15, -0.1) is 0 Å². The summed E-state index contributed by atoms with van der Waals surface area (Å²) >= 11 is 0. The van der Waals surface area contributed by atoms with E-state index in [4.69, 9.17) is 9.47 Å². The van der Waals surface area contributed by atoms with Crippen LogP contribution in [0.5, 0.6) is 0 Å². The molecule has 0 atom stereocenters. The number of nitrogens with zero attached hydrogens (tertiary/aromatic N) is 3. The van der Waals surface area contributed by atoms with Crippen molar-refractivity contribution in [1.82, 2.24) is 14.7 Å². The number of anilines is 1. The first-order chi connectivity index (χ1) is 15.6. The van der Waals surface area contributed by atoms with Crippen LogP contribution >= 0.6 is 0 Å². The Balaban J connectivity index is 1.47. The van der Waals surface area contributed by atoms with Crippen LogP contribution in [0.4, 0.5) is 5.82 Å². The maximum atomic E-state index is 13.1. The number of carbonyl (C=O) groups excluding carboxylic acids is 3. The Labute approximate surface area is 186 Å². The monoisotopic (exact) mass is 440 g/mol. The molecule has 1 saturated carbocycles. The molecule has 1 N–H and O–H groups in total. The number of ether oxygens (including phenoxy) is 2. The number of hydrogen-bond donors (Lipinski definition) is 1. The highest BCUT2D eigenvalue weighted by atomic mass is 16.5. The highest BCUT2D eigenvalue weighted by molar-refractivity contribution is 6.01. The summed E-state index contributed by atoms with van der Waals surface area (Å²) in [7, 11) is 0. The molecule has 0 bridgehead atoms. The van der Waals surface area contributed by atoms with Gasteiger partial charge in [0.25, 0.3) is 0 Å². The van der Waals surface area contributed by atoms with Crippen molar-refractivity contribution in [3.05, 3.63) is 42.1 Å². The normalized spacial score (nSPS) is 21.3. The first-order valence-corrected chi connectivity index (χ1v) is 11.1. The van der Waals surface area contributed by atoms with E-state index < -0.39 is 5.97 Å². The zero-order valence-corrected chi connectivity index (χ0v) is 18.2. The molecule has 0 unspecified atom stereocenters. The molecule has 2 amide bonds. The molecule has 2 heterocycles. The van der Waals surface area contributed by atoms with Crippen LogP contribution in [0.3, 0.4) is 0 Å². The lowest BCUT2D eigenvalue weighted by molar-refractivity contribution is -0.146. The number of amides is 2. The average molecular weight is 441 g/mol. The van der Waals surface area contributed by atoms with Crippen LogP contribution in [0.15, 0.2) is 36.5 Å². The molecule has 1 saturated heterocycles. The second kappa shape index (κ2) is 9.95. The molecule has 1 aliphatic heterocycles. The lowest BCUT2D eigenvalue weighted by Gasteiger charge is -2.38. The van der Waals surface area contributed by atoms with Crippen molar-refractivity contribution in [2.45, 2.75) is 38.6 Å². The van der Waals surface area contributed by atoms with E-state index in [-0.39, 0.29) is 42.6 Å². The maximum absolute atomic E-state index is 13.1. The van der Waals surface area contributed by atoms with Crippen LogP contribution in [0.25, 0.3) is 5.69 Å². The Bertz CT molecular complexity index is 966. The minimum Gasteiger partial charge on any atom is -0.462 e. The second-order valence-corrected chi connectivity index (χ2v) is 8.01. The summed E-state index contributed by atoms with van der Waals surface area (Å²) in [5, 5.41) is 7.24. The number of aromatic nitrogens is 2. The zero-order valence-electron chi connectivity index (χ0n) is 18.2. The van der Waals surface area contributed by atoms with E-state index in [1.165, 1.54) is 6.20 Å². The quantitative estimate of drug-likeness (QED) is 0.692. The molecule has 2 aromatic rings. The van der Waals surface area contributed by atoms with Gasteiger partial charge >= 0.3 is 5.97 Å². The van der Waals surface area contributed by atoms with Gasteiger partial charge in [0, 0.05) is 18.5 Å². The number of nitrogens with one attached hydrogen (secondary N) is 1. The molecule has 0 spiro atoms. The molecule has 9 nitrogen and oxygen atoms in total. The summed E-state index contributed by atoms with van der Waals surface area (Å²) in [4.78, 5) is 39.6. The fraction of sp³-hybridized carbons (Fsp3) is 0.478. The Hall–Kier alpha value is -3.20. The molecular formula is C23H28N4O5. The predicted molar refractivity (Wildman–Crippen MR) is 116 cm³/mol. The van der Waals surface area contributed by atoms with Gasteiger partial charge in [-0.1, -0.05) is 18.2 Å². The van der Waals surface area contributed by atoms with Gasteiger partial charge in [0.05, 0.1) is 25.1 Å². The summed E-state index contributed by atoms with van der Waals surface area (Å²) in [6.45, 7) is 3.27. The van der Waals surface area contributed by atoms with E-state index in [1.54, 1.807) is 11.6 Å². The van der Waals surface area contributed by atoms with Crippen LogP contribution in [0, 0.1) is 5.92 Å². The van der Waals surface area contributed by atoms with E-state index >= 15 is 0 Å². The van der Waals surface area contributed by atoms with Gasteiger partial charge in [0.1, 0.15) is 12.2 Å². The zero-order chi connectivity index (χ0) is 22.5. The molecule has 170 valence electrons. The van der Waals surface area contributed by atoms with Gasteiger partial charge in [-0.2, -0.15) is 5.10 Å². The van der Waals surface area contributed by atoms with E-state index in [1.807, 2.05) is 35.2 Å². The fourth-order valence-electron chi connectivity index (χ4n) is 4.38.